The second kappa shape index (κ2) is 7.98. The Bertz CT molecular complexity index is 803. The van der Waals surface area contributed by atoms with Crippen molar-refractivity contribution in [2.24, 2.45) is 23.2 Å². The highest BCUT2D eigenvalue weighted by atomic mass is 32.1. The van der Waals surface area contributed by atoms with Crippen molar-refractivity contribution in [2.75, 3.05) is 6.54 Å². The van der Waals surface area contributed by atoms with Gasteiger partial charge < -0.3 is 5.32 Å². The molecule has 0 atom stereocenters. The molecule has 0 saturated heterocycles. The number of fused-ring (bicyclic) bond motifs is 1. The highest BCUT2D eigenvalue weighted by Crippen LogP contribution is 2.60. The Balaban J connectivity index is 1.10. The first-order valence-corrected chi connectivity index (χ1v) is 12.3. The van der Waals surface area contributed by atoms with E-state index in [2.05, 4.69) is 16.2 Å². The van der Waals surface area contributed by atoms with Crippen LogP contribution in [0.1, 0.15) is 77.9 Å². The van der Waals surface area contributed by atoms with E-state index in [1.165, 1.54) is 60.3 Å². The Morgan fingerprint density at radius 3 is 2.30 bits per heavy atom. The fourth-order valence-corrected chi connectivity index (χ4v) is 7.90. The second-order valence-electron chi connectivity index (χ2n) is 10.0. The number of carbonyl (C=O) groups is 3. The van der Waals surface area contributed by atoms with Gasteiger partial charge >= 0.3 is 0 Å². The van der Waals surface area contributed by atoms with Crippen LogP contribution in [-0.2, 0) is 22.4 Å². The topological polar surface area (TPSA) is 87.3 Å². The molecular formula is C23H31N3O3S. The summed E-state index contributed by atoms with van der Waals surface area (Å²) in [5, 5.41) is 2.85. The largest absolute Gasteiger partial charge is 0.346 e. The molecule has 1 heterocycles. The predicted octanol–water partition coefficient (Wildman–Crippen LogP) is 3.11. The van der Waals surface area contributed by atoms with Crippen LogP contribution in [0.25, 0.3) is 0 Å². The molecule has 6 nitrogen and oxygen atoms in total. The van der Waals surface area contributed by atoms with Crippen molar-refractivity contribution in [3.05, 3.63) is 21.4 Å². The molecule has 5 aliphatic rings. The van der Waals surface area contributed by atoms with Crippen molar-refractivity contribution < 1.29 is 14.4 Å². The van der Waals surface area contributed by atoms with Crippen LogP contribution in [0.15, 0.2) is 6.07 Å². The van der Waals surface area contributed by atoms with Crippen molar-refractivity contribution in [3.63, 3.8) is 0 Å². The molecule has 4 saturated carbocycles. The lowest BCUT2D eigenvalue weighted by atomic mass is 9.49. The minimum atomic E-state index is -0.389. The molecule has 162 valence electrons. The van der Waals surface area contributed by atoms with E-state index in [4.69, 9.17) is 0 Å². The van der Waals surface area contributed by atoms with Gasteiger partial charge in [-0.25, -0.2) is 0 Å². The molecular weight excluding hydrogens is 398 g/mol. The quantitative estimate of drug-likeness (QED) is 0.508. The van der Waals surface area contributed by atoms with Gasteiger partial charge in [0.25, 0.3) is 11.8 Å². The monoisotopic (exact) mass is 429 g/mol. The summed E-state index contributed by atoms with van der Waals surface area (Å²) in [5.41, 5.74) is 5.98. The number of carbonyl (C=O) groups excluding carboxylic acids is 3. The van der Waals surface area contributed by atoms with Gasteiger partial charge in [-0.3, -0.25) is 25.2 Å². The minimum absolute atomic E-state index is 0.0325. The van der Waals surface area contributed by atoms with Crippen molar-refractivity contribution in [1.29, 1.82) is 0 Å². The SMILES string of the molecule is O=C(CNC(=O)C12CC3CC(CC(C3)C1)C2)NNC(=O)c1cc2c(s1)CCCCC2. The first-order valence-electron chi connectivity index (χ1n) is 11.5. The highest BCUT2D eigenvalue weighted by molar-refractivity contribution is 7.14. The normalized spacial score (nSPS) is 31.5. The van der Waals surface area contributed by atoms with Crippen molar-refractivity contribution >= 4 is 29.1 Å². The Morgan fingerprint density at radius 2 is 1.60 bits per heavy atom. The van der Waals surface area contributed by atoms with E-state index in [1.807, 2.05) is 6.07 Å². The third-order valence-corrected chi connectivity index (χ3v) is 8.95. The lowest BCUT2D eigenvalue weighted by Gasteiger charge is -2.55. The summed E-state index contributed by atoms with van der Waals surface area (Å²) >= 11 is 1.53. The third kappa shape index (κ3) is 3.88. The number of hydrogen-bond acceptors (Lipinski definition) is 4. The van der Waals surface area contributed by atoms with E-state index in [0.717, 1.165) is 32.1 Å². The van der Waals surface area contributed by atoms with Crippen molar-refractivity contribution in [1.82, 2.24) is 16.2 Å². The summed E-state index contributed by atoms with van der Waals surface area (Å²) in [6.07, 6.45) is 12.4. The van der Waals surface area contributed by atoms with Gasteiger partial charge in [0.15, 0.2) is 0 Å². The molecule has 7 heteroatoms. The van der Waals surface area contributed by atoms with Crippen LogP contribution in [0, 0.1) is 23.2 Å². The van der Waals surface area contributed by atoms with Crippen LogP contribution in [0.3, 0.4) is 0 Å². The fourth-order valence-electron chi connectivity index (χ4n) is 6.75. The molecule has 4 bridgehead atoms. The minimum Gasteiger partial charge on any atom is -0.346 e. The Labute approximate surface area is 181 Å². The predicted molar refractivity (Wildman–Crippen MR) is 115 cm³/mol. The van der Waals surface area contributed by atoms with E-state index in [9.17, 15) is 14.4 Å². The molecule has 0 radical (unpaired) electrons. The summed E-state index contributed by atoms with van der Waals surface area (Å²) in [4.78, 5) is 39.5. The van der Waals surface area contributed by atoms with E-state index in [0.29, 0.717) is 22.6 Å². The number of hydrogen-bond donors (Lipinski definition) is 3. The number of nitrogens with one attached hydrogen (secondary N) is 3. The number of aryl methyl sites for hydroxylation is 2. The van der Waals surface area contributed by atoms with Crippen molar-refractivity contribution in [3.8, 4) is 0 Å². The molecule has 0 aliphatic heterocycles. The maximum Gasteiger partial charge on any atom is 0.279 e. The molecule has 3 N–H and O–H groups in total. The lowest BCUT2D eigenvalue weighted by molar-refractivity contribution is -0.147. The molecule has 1 aromatic heterocycles. The van der Waals surface area contributed by atoms with Gasteiger partial charge in [0.2, 0.25) is 5.91 Å². The zero-order chi connectivity index (χ0) is 20.7. The van der Waals surface area contributed by atoms with Gasteiger partial charge in [0, 0.05) is 10.3 Å². The zero-order valence-electron chi connectivity index (χ0n) is 17.4. The van der Waals surface area contributed by atoms with Gasteiger partial charge in [-0.15, -0.1) is 11.3 Å². The maximum atomic E-state index is 12.9. The molecule has 4 fully saturated rings. The molecule has 6 rings (SSSR count). The number of amides is 3. The molecule has 0 aromatic carbocycles. The first-order chi connectivity index (χ1) is 14.5. The van der Waals surface area contributed by atoms with Gasteiger partial charge in [0.1, 0.15) is 0 Å². The Kier molecular flexibility index (Phi) is 5.33. The third-order valence-electron chi connectivity index (χ3n) is 7.72. The average Bonchev–Trinajstić information content (AvgIpc) is 2.99. The average molecular weight is 430 g/mol. The molecule has 5 aliphatic carbocycles. The highest BCUT2D eigenvalue weighted by Gasteiger charge is 2.54. The van der Waals surface area contributed by atoms with Gasteiger partial charge in [-0.1, -0.05) is 6.42 Å². The molecule has 1 aromatic rings. The van der Waals surface area contributed by atoms with Gasteiger partial charge in [-0.05, 0) is 93.6 Å². The maximum absolute atomic E-state index is 12.9. The molecule has 3 amide bonds. The molecule has 0 unspecified atom stereocenters. The Morgan fingerprint density at radius 1 is 0.933 bits per heavy atom. The summed E-state index contributed by atoms with van der Waals surface area (Å²) < 4.78 is 0. The Hall–Kier alpha value is -1.89. The van der Waals surface area contributed by atoms with Crippen LogP contribution in [0.5, 0.6) is 0 Å². The van der Waals surface area contributed by atoms with E-state index in [1.54, 1.807) is 0 Å². The van der Waals surface area contributed by atoms with Crippen LogP contribution >= 0.6 is 11.3 Å². The smallest absolute Gasteiger partial charge is 0.279 e. The number of thiophene rings is 1. The van der Waals surface area contributed by atoms with E-state index in [-0.39, 0.29) is 29.7 Å². The van der Waals surface area contributed by atoms with Crippen LogP contribution in [-0.4, -0.2) is 24.3 Å². The lowest BCUT2D eigenvalue weighted by Crippen LogP contribution is -2.55. The summed E-state index contributed by atoms with van der Waals surface area (Å²) in [5.74, 6) is 1.43. The van der Waals surface area contributed by atoms with Crippen LogP contribution in [0.2, 0.25) is 0 Å². The standard InChI is InChI=1S/C23H31N3O3S/c27-20(25-26-21(28)19-9-17-4-2-1-3-5-18(17)30-19)13-24-22(29)23-10-14-6-15(11-23)8-16(7-14)12-23/h9,14-16H,1-8,10-13H2,(H,24,29)(H,25,27)(H,26,28). The zero-order valence-corrected chi connectivity index (χ0v) is 18.2. The number of hydrazine groups is 1. The molecule has 0 spiro atoms. The molecule has 30 heavy (non-hydrogen) atoms. The number of rotatable bonds is 4. The fraction of sp³-hybridized carbons (Fsp3) is 0.696. The second-order valence-corrected chi connectivity index (χ2v) is 11.1. The first kappa shape index (κ1) is 20.0. The summed E-state index contributed by atoms with van der Waals surface area (Å²) in [6.45, 7) is -0.0954. The van der Waals surface area contributed by atoms with E-state index >= 15 is 0 Å². The summed E-state index contributed by atoms with van der Waals surface area (Å²) in [7, 11) is 0. The van der Waals surface area contributed by atoms with Crippen molar-refractivity contribution in [2.45, 2.75) is 70.6 Å². The summed E-state index contributed by atoms with van der Waals surface area (Å²) in [6, 6.07) is 1.96. The van der Waals surface area contributed by atoms with E-state index < -0.39 is 0 Å². The van der Waals surface area contributed by atoms with Crippen LogP contribution < -0.4 is 16.2 Å². The van der Waals surface area contributed by atoms with Gasteiger partial charge in [-0.2, -0.15) is 0 Å². The van der Waals surface area contributed by atoms with Gasteiger partial charge in [0.05, 0.1) is 11.4 Å². The van der Waals surface area contributed by atoms with Crippen LogP contribution in [0.4, 0.5) is 0 Å².